The summed E-state index contributed by atoms with van der Waals surface area (Å²) in [6.07, 6.45) is 1.90. The maximum absolute atomic E-state index is 5.24. The Bertz CT molecular complexity index is 248. The predicted octanol–water partition coefficient (Wildman–Crippen LogP) is 1.82. The van der Waals surface area contributed by atoms with Crippen LogP contribution in [-0.2, 0) is 4.74 Å². The molecule has 0 unspecified atom stereocenters. The summed E-state index contributed by atoms with van der Waals surface area (Å²) in [6, 6.07) is 10.2. The quantitative estimate of drug-likeness (QED) is 0.618. The van der Waals surface area contributed by atoms with Crippen molar-refractivity contribution in [3.05, 3.63) is 30.3 Å². The van der Waals surface area contributed by atoms with Crippen LogP contribution >= 0.6 is 0 Å². The van der Waals surface area contributed by atoms with Crippen LogP contribution < -0.4 is 16.8 Å². The highest BCUT2D eigenvalue weighted by Gasteiger charge is 1.84. The summed E-state index contributed by atoms with van der Waals surface area (Å²) in [7, 11) is 0. The average molecular weight is 253 g/mol. The van der Waals surface area contributed by atoms with E-state index in [4.69, 9.17) is 16.2 Å². The van der Waals surface area contributed by atoms with E-state index in [-0.39, 0.29) is 0 Å². The molecule has 0 atom stereocenters. The Morgan fingerprint density at radius 1 is 1.00 bits per heavy atom. The van der Waals surface area contributed by atoms with Crippen molar-refractivity contribution in [1.29, 1.82) is 0 Å². The standard InChI is InChI=1S/C8H11N.C6H16N2O/c1-2-9-8-6-4-3-5-7-8;7-3-1-5-9-6-2-4-8/h3-7,9H,2H2,1H3;1-8H2. The van der Waals surface area contributed by atoms with Crippen LogP contribution in [0.3, 0.4) is 0 Å². The van der Waals surface area contributed by atoms with Crippen molar-refractivity contribution in [3.8, 4) is 0 Å². The molecule has 0 aliphatic rings. The third-order valence-corrected chi connectivity index (χ3v) is 2.14. The lowest BCUT2D eigenvalue weighted by Crippen LogP contribution is -2.08. The van der Waals surface area contributed by atoms with E-state index < -0.39 is 0 Å². The second-order valence-corrected chi connectivity index (χ2v) is 3.79. The number of hydrogen-bond acceptors (Lipinski definition) is 4. The Hall–Kier alpha value is -1.10. The molecule has 0 fully saturated rings. The molecule has 0 amide bonds. The molecule has 4 nitrogen and oxygen atoms in total. The van der Waals surface area contributed by atoms with Crippen LogP contribution in [0.4, 0.5) is 5.69 Å². The largest absolute Gasteiger partial charge is 0.385 e. The van der Waals surface area contributed by atoms with E-state index >= 15 is 0 Å². The van der Waals surface area contributed by atoms with Crippen molar-refractivity contribution >= 4 is 5.69 Å². The summed E-state index contributed by atoms with van der Waals surface area (Å²) in [5.74, 6) is 0. The van der Waals surface area contributed by atoms with Crippen LogP contribution in [0.15, 0.2) is 30.3 Å². The highest BCUT2D eigenvalue weighted by atomic mass is 16.5. The van der Waals surface area contributed by atoms with E-state index in [0.29, 0.717) is 13.1 Å². The van der Waals surface area contributed by atoms with Crippen molar-refractivity contribution in [3.63, 3.8) is 0 Å². The molecule has 0 aromatic heterocycles. The SMILES string of the molecule is CCNc1ccccc1.NCCCOCCCN. The van der Waals surface area contributed by atoms with Crippen LogP contribution in [0, 0.1) is 0 Å². The summed E-state index contributed by atoms with van der Waals surface area (Å²) in [4.78, 5) is 0. The molecule has 0 heterocycles. The van der Waals surface area contributed by atoms with Crippen molar-refractivity contribution in [2.75, 3.05) is 38.2 Å². The molecule has 1 rings (SSSR count). The van der Waals surface area contributed by atoms with Gasteiger partial charge in [0.05, 0.1) is 0 Å². The predicted molar refractivity (Wildman–Crippen MR) is 78.8 cm³/mol. The molecule has 0 aliphatic carbocycles. The minimum absolute atomic E-state index is 0.711. The van der Waals surface area contributed by atoms with Crippen LogP contribution in [0.1, 0.15) is 19.8 Å². The van der Waals surface area contributed by atoms with Gasteiger partial charge in [0.15, 0.2) is 0 Å². The molecule has 1 aromatic carbocycles. The van der Waals surface area contributed by atoms with Gasteiger partial charge in [-0.3, -0.25) is 0 Å². The van der Waals surface area contributed by atoms with Gasteiger partial charge in [-0.15, -0.1) is 0 Å². The van der Waals surface area contributed by atoms with Gasteiger partial charge in [-0.25, -0.2) is 0 Å². The van der Waals surface area contributed by atoms with Crippen LogP contribution in [0.5, 0.6) is 0 Å². The molecule has 0 spiro atoms. The molecule has 0 radical (unpaired) electrons. The highest BCUT2D eigenvalue weighted by Crippen LogP contribution is 2.02. The van der Waals surface area contributed by atoms with Gasteiger partial charge in [0, 0.05) is 25.4 Å². The van der Waals surface area contributed by atoms with Crippen LogP contribution in [0.25, 0.3) is 0 Å². The Balaban J connectivity index is 0.000000321. The summed E-state index contributed by atoms with van der Waals surface area (Å²) >= 11 is 0. The van der Waals surface area contributed by atoms with Crippen molar-refractivity contribution in [2.24, 2.45) is 11.5 Å². The second-order valence-electron chi connectivity index (χ2n) is 3.79. The smallest absolute Gasteiger partial charge is 0.0478 e. The Kier molecular flexibility index (Phi) is 13.1. The first-order valence-corrected chi connectivity index (χ1v) is 6.62. The monoisotopic (exact) mass is 253 g/mol. The maximum atomic E-state index is 5.24. The van der Waals surface area contributed by atoms with E-state index in [1.165, 1.54) is 5.69 Å². The molecule has 0 aliphatic heterocycles. The van der Waals surface area contributed by atoms with Crippen molar-refractivity contribution in [2.45, 2.75) is 19.8 Å². The lowest BCUT2D eigenvalue weighted by molar-refractivity contribution is 0.132. The molecule has 4 heteroatoms. The second kappa shape index (κ2) is 14.0. The molecule has 104 valence electrons. The van der Waals surface area contributed by atoms with Crippen molar-refractivity contribution in [1.82, 2.24) is 0 Å². The van der Waals surface area contributed by atoms with Gasteiger partial charge in [-0.2, -0.15) is 0 Å². The third-order valence-electron chi connectivity index (χ3n) is 2.14. The van der Waals surface area contributed by atoms with E-state index in [0.717, 1.165) is 32.6 Å². The number of rotatable bonds is 8. The minimum atomic E-state index is 0.711. The Morgan fingerprint density at radius 3 is 2.00 bits per heavy atom. The molecule has 1 aromatic rings. The molecule has 0 bridgehead atoms. The number of anilines is 1. The molecule has 0 saturated heterocycles. The van der Waals surface area contributed by atoms with E-state index in [2.05, 4.69) is 24.4 Å². The number of para-hydroxylation sites is 1. The van der Waals surface area contributed by atoms with Gasteiger partial charge in [0.1, 0.15) is 0 Å². The lowest BCUT2D eigenvalue weighted by atomic mass is 10.3. The molecular weight excluding hydrogens is 226 g/mol. The Labute approximate surface area is 111 Å². The fraction of sp³-hybridized carbons (Fsp3) is 0.571. The van der Waals surface area contributed by atoms with Gasteiger partial charge >= 0.3 is 0 Å². The molecule has 0 saturated carbocycles. The average Bonchev–Trinajstić information content (AvgIpc) is 2.41. The number of nitrogens with two attached hydrogens (primary N) is 2. The first-order chi connectivity index (χ1) is 8.85. The lowest BCUT2D eigenvalue weighted by Gasteiger charge is -1.99. The fourth-order valence-electron chi connectivity index (χ4n) is 1.23. The van der Waals surface area contributed by atoms with Crippen molar-refractivity contribution < 1.29 is 4.74 Å². The van der Waals surface area contributed by atoms with E-state index in [9.17, 15) is 0 Å². The normalized spacial score (nSPS) is 9.50. The number of nitrogens with one attached hydrogen (secondary N) is 1. The minimum Gasteiger partial charge on any atom is -0.385 e. The third kappa shape index (κ3) is 11.4. The van der Waals surface area contributed by atoms with Crippen LogP contribution in [0.2, 0.25) is 0 Å². The van der Waals surface area contributed by atoms with E-state index in [1.54, 1.807) is 0 Å². The Morgan fingerprint density at radius 2 is 1.56 bits per heavy atom. The first kappa shape index (κ1) is 16.9. The van der Waals surface area contributed by atoms with Gasteiger partial charge in [-0.1, -0.05) is 18.2 Å². The zero-order valence-corrected chi connectivity index (χ0v) is 11.4. The van der Waals surface area contributed by atoms with Crippen LogP contribution in [-0.4, -0.2) is 32.8 Å². The fourth-order valence-corrected chi connectivity index (χ4v) is 1.23. The zero-order valence-electron chi connectivity index (χ0n) is 11.4. The summed E-state index contributed by atoms with van der Waals surface area (Å²) in [5, 5.41) is 3.21. The van der Waals surface area contributed by atoms with Gasteiger partial charge in [-0.05, 0) is 45.0 Å². The summed E-state index contributed by atoms with van der Waals surface area (Å²) in [5.41, 5.74) is 11.7. The van der Waals surface area contributed by atoms with Gasteiger partial charge < -0.3 is 21.5 Å². The van der Waals surface area contributed by atoms with Gasteiger partial charge in [0.25, 0.3) is 0 Å². The van der Waals surface area contributed by atoms with Gasteiger partial charge in [0.2, 0.25) is 0 Å². The molecule has 18 heavy (non-hydrogen) atoms. The molecular formula is C14H27N3O. The number of ether oxygens (including phenoxy) is 1. The van der Waals surface area contributed by atoms with E-state index in [1.807, 2.05) is 18.2 Å². The number of benzene rings is 1. The maximum Gasteiger partial charge on any atom is 0.0478 e. The zero-order chi connectivity index (χ0) is 13.5. The highest BCUT2D eigenvalue weighted by molar-refractivity contribution is 5.41. The first-order valence-electron chi connectivity index (χ1n) is 6.62. The number of hydrogen-bond donors (Lipinski definition) is 3. The topological polar surface area (TPSA) is 73.3 Å². The summed E-state index contributed by atoms with van der Waals surface area (Å²) in [6.45, 7) is 6.05. The molecule has 5 N–H and O–H groups in total. The summed E-state index contributed by atoms with van der Waals surface area (Å²) < 4.78 is 5.15.